The molecule has 35 heavy (non-hydrogen) atoms. The zero-order chi connectivity index (χ0) is 24.9. The monoisotopic (exact) mass is 478 g/mol. The van der Waals surface area contributed by atoms with Crippen LogP contribution in [0.5, 0.6) is 11.5 Å². The average Bonchev–Trinajstić information content (AvgIpc) is 3.65. The number of rotatable bonds is 11. The Balaban J connectivity index is 1.66. The van der Waals surface area contributed by atoms with Gasteiger partial charge in [-0.05, 0) is 50.2 Å². The van der Waals surface area contributed by atoms with Gasteiger partial charge in [0.1, 0.15) is 11.5 Å². The van der Waals surface area contributed by atoms with Crippen molar-refractivity contribution < 1.29 is 14.3 Å². The van der Waals surface area contributed by atoms with E-state index in [1.807, 2.05) is 31.3 Å². The second kappa shape index (κ2) is 10.9. The Kier molecular flexibility index (Phi) is 7.65. The largest absolute Gasteiger partial charge is 0.497 e. The van der Waals surface area contributed by atoms with E-state index < -0.39 is 0 Å². The molecule has 0 unspecified atom stereocenters. The minimum Gasteiger partial charge on any atom is -0.497 e. The van der Waals surface area contributed by atoms with Crippen LogP contribution in [0, 0.1) is 0 Å². The molecule has 186 valence electrons. The maximum absolute atomic E-state index is 13.4. The van der Waals surface area contributed by atoms with E-state index in [0.29, 0.717) is 35.2 Å². The van der Waals surface area contributed by atoms with Crippen molar-refractivity contribution in [1.82, 2.24) is 29.5 Å². The van der Waals surface area contributed by atoms with Crippen molar-refractivity contribution in [3.8, 4) is 28.7 Å². The number of benzene rings is 1. The van der Waals surface area contributed by atoms with Crippen LogP contribution in [0.15, 0.2) is 36.7 Å². The Hall–Kier alpha value is -3.46. The van der Waals surface area contributed by atoms with E-state index in [2.05, 4.69) is 28.8 Å². The highest BCUT2D eigenvalue weighted by atomic mass is 16.5. The number of ether oxygens (including phenoxy) is 2. The van der Waals surface area contributed by atoms with Crippen LogP contribution in [0.25, 0.3) is 17.2 Å². The maximum atomic E-state index is 13.4. The Bertz CT molecular complexity index is 1170. The molecule has 4 rings (SSSR count). The maximum Gasteiger partial charge on any atom is 0.257 e. The zero-order valence-corrected chi connectivity index (χ0v) is 21.2. The highest BCUT2D eigenvalue weighted by Crippen LogP contribution is 2.42. The molecule has 1 aliphatic rings. The second-order valence-corrected chi connectivity index (χ2v) is 8.69. The average molecular weight is 479 g/mol. The molecule has 3 aromatic rings. The Morgan fingerprint density at radius 1 is 1.11 bits per heavy atom. The SMILES string of the molecule is CCN(CC)CCN(C)C(=O)c1cnn(-c2nccc(-c3cc(OC)ccc3OC)n2)c1C1CC1. The highest BCUT2D eigenvalue weighted by molar-refractivity contribution is 5.95. The summed E-state index contributed by atoms with van der Waals surface area (Å²) < 4.78 is 12.7. The summed E-state index contributed by atoms with van der Waals surface area (Å²) in [6.45, 7) is 7.71. The van der Waals surface area contributed by atoms with E-state index in [9.17, 15) is 4.79 Å². The van der Waals surface area contributed by atoms with Crippen LogP contribution in [0.4, 0.5) is 0 Å². The topological polar surface area (TPSA) is 85.6 Å². The second-order valence-electron chi connectivity index (χ2n) is 8.69. The van der Waals surface area contributed by atoms with E-state index in [1.165, 1.54) is 0 Å². The summed E-state index contributed by atoms with van der Waals surface area (Å²) >= 11 is 0. The predicted molar refractivity (Wildman–Crippen MR) is 134 cm³/mol. The molecule has 0 spiro atoms. The smallest absolute Gasteiger partial charge is 0.257 e. The van der Waals surface area contributed by atoms with Gasteiger partial charge in [0.05, 0.1) is 37.4 Å². The standard InChI is InChI=1S/C26H34N6O3/c1-6-31(7-2)15-14-30(3)25(33)21-17-28-32(24(21)18-8-9-18)26-27-13-12-22(29-26)20-16-19(34-4)10-11-23(20)35-5/h10-13,16-18H,6-9,14-15H2,1-5H3. The normalized spacial score (nSPS) is 13.2. The molecule has 0 bridgehead atoms. The van der Waals surface area contributed by atoms with E-state index in [1.54, 1.807) is 36.2 Å². The lowest BCUT2D eigenvalue weighted by atomic mass is 10.1. The van der Waals surface area contributed by atoms with E-state index in [-0.39, 0.29) is 11.8 Å². The van der Waals surface area contributed by atoms with Gasteiger partial charge >= 0.3 is 0 Å². The van der Waals surface area contributed by atoms with Crippen LogP contribution in [-0.4, -0.2) is 82.9 Å². The minimum atomic E-state index is -0.0177. The molecule has 2 heterocycles. The Labute approximate surface area is 206 Å². The van der Waals surface area contributed by atoms with Gasteiger partial charge in [0.25, 0.3) is 11.9 Å². The van der Waals surface area contributed by atoms with Crippen LogP contribution < -0.4 is 9.47 Å². The molecule has 0 atom stereocenters. The lowest BCUT2D eigenvalue weighted by molar-refractivity contribution is 0.0778. The van der Waals surface area contributed by atoms with Crippen LogP contribution in [0.2, 0.25) is 0 Å². The lowest BCUT2D eigenvalue weighted by Gasteiger charge is -2.23. The minimum absolute atomic E-state index is 0.0177. The molecule has 1 fully saturated rings. The van der Waals surface area contributed by atoms with Crippen LogP contribution in [-0.2, 0) is 0 Å². The molecule has 1 amide bonds. The number of methoxy groups -OCH3 is 2. The fourth-order valence-corrected chi connectivity index (χ4v) is 4.18. The number of likely N-dealkylation sites (N-methyl/N-ethyl adjacent to an activating group) is 2. The first-order valence-corrected chi connectivity index (χ1v) is 12.1. The van der Waals surface area contributed by atoms with Crippen molar-refractivity contribution in [2.75, 3.05) is 47.4 Å². The molecule has 0 aliphatic heterocycles. The van der Waals surface area contributed by atoms with Gasteiger partial charge in [-0.25, -0.2) is 14.6 Å². The molecule has 0 radical (unpaired) electrons. The fraction of sp³-hybridized carbons (Fsp3) is 0.462. The highest BCUT2D eigenvalue weighted by Gasteiger charge is 2.34. The van der Waals surface area contributed by atoms with Crippen molar-refractivity contribution in [2.45, 2.75) is 32.6 Å². The summed E-state index contributed by atoms with van der Waals surface area (Å²) in [6, 6.07) is 7.41. The summed E-state index contributed by atoms with van der Waals surface area (Å²) in [5.41, 5.74) is 3.00. The summed E-state index contributed by atoms with van der Waals surface area (Å²) in [5, 5.41) is 4.57. The summed E-state index contributed by atoms with van der Waals surface area (Å²) in [5.74, 6) is 2.09. The molecule has 1 aromatic carbocycles. The van der Waals surface area contributed by atoms with Crippen LogP contribution >= 0.6 is 0 Å². The first kappa shape index (κ1) is 24.7. The van der Waals surface area contributed by atoms with Gasteiger partial charge in [-0.15, -0.1) is 0 Å². The third kappa shape index (κ3) is 5.30. The molecule has 2 aromatic heterocycles. The molecular formula is C26H34N6O3. The van der Waals surface area contributed by atoms with Gasteiger partial charge < -0.3 is 19.3 Å². The Morgan fingerprint density at radius 3 is 2.54 bits per heavy atom. The van der Waals surface area contributed by atoms with Gasteiger partial charge in [0.15, 0.2) is 0 Å². The quantitative estimate of drug-likeness (QED) is 0.416. The third-order valence-corrected chi connectivity index (χ3v) is 6.51. The first-order chi connectivity index (χ1) is 17.0. The van der Waals surface area contributed by atoms with Crippen molar-refractivity contribution in [2.24, 2.45) is 0 Å². The van der Waals surface area contributed by atoms with Gasteiger partial charge in [0, 0.05) is 37.8 Å². The van der Waals surface area contributed by atoms with Gasteiger partial charge in [-0.3, -0.25) is 4.79 Å². The number of carbonyl (C=O) groups is 1. The number of nitrogens with zero attached hydrogens (tertiary/aromatic N) is 6. The van der Waals surface area contributed by atoms with Crippen LogP contribution in [0.3, 0.4) is 0 Å². The van der Waals surface area contributed by atoms with E-state index >= 15 is 0 Å². The lowest BCUT2D eigenvalue weighted by Crippen LogP contribution is -2.36. The third-order valence-electron chi connectivity index (χ3n) is 6.51. The first-order valence-electron chi connectivity index (χ1n) is 12.1. The molecule has 0 N–H and O–H groups in total. The van der Waals surface area contributed by atoms with Gasteiger partial charge in [-0.1, -0.05) is 13.8 Å². The number of hydrogen-bond acceptors (Lipinski definition) is 7. The van der Waals surface area contributed by atoms with Gasteiger partial charge in [-0.2, -0.15) is 5.10 Å². The van der Waals surface area contributed by atoms with Gasteiger partial charge in [0.2, 0.25) is 0 Å². The number of carbonyl (C=O) groups excluding carboxylic acids is 1. The number of amides is 1. The summed E-state index contributed by atoms with van der Waals surface area (Å²) in [6.07, 6.45) is 5.41. The van der Waals surface area contributed by atoms with Crippen molar-refractivity contribution >= 4 is 5.91 Å². The zero-order valence-electron chi connectivity index (χ0n) is 21.2. The van der Waals surface area contributed by atoms with E-state index in [4.69, 9.17) is 14.5 Å². The van der Waals surface area contributed by atoms with E-state index in [0.717, 1.165) is 43.7 Å². The van der Waals surface area contributed by atoms with Crippen molar-refractivity contribution in [3.05, 3.63) is 47.9 Å². The number of aromatic nitrogens is 4. The van der Waals surface area contributed by atoms with Crippen molar-refractivity contribution in [1.29, 1.82) is 0 Å². The fourth-order valence-electron chi connectivity index (χ4n) is 4.18. The summed E-state index contributed by atoms with van der Waals surface area (Å²) in [7, 11) is 5.10. The predicted octanol–water partition coefficient (Wildman–Crippen LogP) is 3.64. The molecule has 9 nitrogen and oxygen atoms in total. The Morgan fingerprint density at radius 2 is 1.89 bits per heavy atom. The molecule has 1 aliphatic carbocycles. The summed E-state index contributed by atoms with van der Waals surface area (Å²) in [4.78, 5) is 26.7. The van der Waals surface area contributed by atoms with Crippen molar-refractivity contribution in [3.63, 3.8) is 0 Å². The molecule has 0 saturated heterocycles. The molecule has 1 saturated carbocycles. The molecule has 9 heteroatoms. The van der Waals surface area contributed by atoms with Crippen LogP contribution in [0.1, 0.15) is 48.7 Å². The molecular weight excluding hydrogens is 444 g/mol. The number of hydrogen-bond donors (Lipinski definition) is 0.